The van der Waals surface area contributed by atoms with Crippen molar-refractivity contribution >= 4 is 17.3 Å². The number of hydrogen-bond donors (Lipinski definition) is 0. The molecule has 0 aliphatic carbocycles. The quantitative estimate of drug-likeness (QED) is 0.477. The predicted molar refractivity (Wildman–Crippen MR) is 71.8 cm³/mol. The maximum Gasteiger partial charge on any atom is 0.272 e. The van der Waals surface area contributed by atoms with E-state index in [1.807, 2.05) is 0 Å². The largest absolute Gasteiger partial charge is 0.272 e. The lowest BCUT2D eigenvalue weighted by Gasteiger charge is -2.11. The second-order valence-electron chi connectivity index (χ2n) is 4.22. The van der Waals surface area contributed by atoms with Gasteiger partial charge in [0.1, 0.15) is 11.6 Å². The van der Waals surface area contributed by atoms with Crippen molar-refractivity contribution in [2.24, 2.45) is 0 Å². The number of rotatable bonds is 4. The highest BCUT2D eigenvalue weighted by Gasteiger charge is 2.19. The van der Waals surface area contributed by atoms with E-state index < -0.39 is 21.9 Å². The van der Waals surface area contributed by atoms with Crippen LogP contribution >= 0.6 is 11.6 Å². The molecule has 0 saturated heterocycles. The number of hydrogen-bond acceptors (Lipinski definition) is 2. The van der Waals surface area contributed by atoms with E-state index in [1.54, 1.807) is 12.1 Å². The maximum atomic E-state index is 13.6. The fourth-order valence-electron chi connectivity index (χ4n) is 1.92. The van der Waals surface area contributed by atoms with Crippen molar-refractivity contribution in [2.75, 3.05) is 0 Å². The highest BCUT2D eigenvalue weighted by molar-refractivity contribution is 6.21. The van der Waals surface area contributed by atoms with Crippen molar-refractivity contribution in [3.63, 3.8) is 0 Å². The minimum absolute atomic E-state index is 0.00943. The topological polar surface area (TPSA) is 43.1 Å². The molecule has 3 nitrogen and oxygen atoms in total. The summed E-state index contributed by atoms with van der Waals surface area (Å²) in [5, 5.41) is 10.0. The SMILES string of the molecule is O=[N+]([O-])c1ccccc1CC(Cl)c1cc(F)ccc1F. The fourth-order valence-corrected chi connectivity index (χ4v) is 2.25. The molecule has 0 bridgehead atoms. The molecule has 6 heteroatoms. The van der Waals surface area contributed by atoms with Gasteiger partial charge in [-0.25, -0.2) is 8.78 Å². The molecule has 0 fully saturated rings. The summed E-state index contributed by atoms with van der Waals surface area (Å²) in [7, 11) is 0. The molecule has 0 amide bonds. The summed E-state index contributed by atoms with van der Waals surface area (Å²) in [5.41, 5.74) is 0.279. The number of nitro benzene ring substituents is 1. The summed E-state index contributed by atoms with van der Waals surface area (Å²) in [6, 6.07) is 9.04. The Morgan fingerprint density at radius 3 is 2.60 bits per heavy atom. The van der Waals surface area contributed by atoms with Crippen molar-refractivity contribution in [3.05, 3.63) is 75.3 Å². The van der Waals surface area contributed by atoms with E-state index in [2.05, 4.69) is 0 Å². The molecule has 0 aromatic heterocycles. The summed E-state index contributed by atoms with van der Waals surface area (Å²) in [6.45, 7) is 0. The van der Waals surface area contributed by atoms with Crippen LogP contribution in [0.1, 0.15) is 16.5 Å². The van der Waals surface area contributed by atoms with Gasteiger partial charge in [-0.1, -0.05) is 18.2 Å². The molecule has 2 aromatic carbocycles. The van der Waals surface area contributed by atoms with Gasteiger partial charge in [0, 0.05) is 17.2 Å². The molecule has 0 spiro atoms. The standard InChI is InChI=1S/C14H10ClF2NO2/c15-12(11-8-10(16)5-6-13(11)17)7-9-3-1-2-4-14(9)18(19)20/h1-6,8,12H,7H2. The van der Waals surface area contributed by atoms with Crippen LogP contribution in [0.4, 0.5) is 14.5 Å². The zero-order valence-electron chi connectivity index (χ0n) is 10.2. The monoisotopic (exact) mass is 297 g/mol. The number of nitro groups is 1. The summed E-state index contributed by atoms with van der Waals surface area (Å²) < 4.78 is 26.7. The van der Waals surface area contributed by atoms with E-state index in [9.17, 15) is 18.9 Å². The Hall–Kier alpha value is -2.01. The normalized spacial score (nSPS) is 12.2. The molecule has 0 aliphatic rings. The van der Waals surface area contributed by atoms with E-state index >= 15 is 0 Å². The smallest absolute Gasteiger partial charge is 0.258 e. The van der Waals surface area contributed by atoms with Gasteiger partial charge >= 0.3 is 0 Å². The lowest BCUT2D eigenvalue weighted by molar-refractivity contribution is -0.385. The number of benzene rings is 2. The van der Waals surface area contributed by atoms with Gasteiger partial charge in [0.2, 0.25) is 0 Å². The Morgan fingerprint density at radius 1 is 1.20 bits per heavy atom. The summed E-state index contributed by atoms with van der Waals surface area (Å²) in [5.74, 6) is -1.24. The van der Waals surface area contributed by atoms with Gasteiger partial charge in [0.15, 0.2) is 0 Å². The first-order chi connectivity index (χ1) is 9.49. The van der Waals surface area contributed by atoms with Crippen LogP contribution in [0.5, 0.6) is 0 Å². The second kappa shape index (κ2) is 5.96. The maximum absolute atomic E-state index is 13.6. The summed E-state index contributed by atoms with van der Waals surface area (Å²) >= 11 is 6.07. The van der Waals surface area contributed by atoms with E-state index in [1.165, 1.54) is 12.1 Å². The van der Waals surface area contributed by atoms with E-state index in [0.717, 1.165) is 18.2 Å². The van der Waals surface area contributed by atoms with Gasteiger partial charge in [-0.2, -0.15) is 0 Å². The Kier molecular flexibility index (Phi) is 4.29. The summed E-state index contributed by atoms with van der Waals surface area (Å²) in [6.07, 6.45) is 0.0408. The highest BCUT2D eigenvalue weighted by atomic mass is 35.5. The van der Waals surface area contributed by atoms with Crippen LogP contribution in [0.2, 0.25) is 0 Å². The Labute approximate surface area is 119 Å². The van der Waals surface area contributed by atoms with E-state index in [-0.39, 0.29) is 17.7 Å². The third-order valence-electron chi connectivity index (χ3n) is 2.88. The van der Waals surface area contributed by atoms with Crippen LogP contribution in [-0.2, 0) is 6.42 Å². The van der Waals surface area contributed by atoms with Crippen molar-refractivity contribution in [2.45, 2.75) is 11.8 Å². The first-order valence-electron chi connectivity index (χ1n) is 5.80. The summed E-state index contributed by atoms with van der Waals surface area (Å²) in [4.78, 5) is 10.4. The fraction of sp³-hybridized carbons (Fsp3) is 0.143. The Balaban J connectivity index is 2.30. The molecule has 0 saturated carbocycles. The van der Waals surface area contributed by atoms with Crippen molar-refractivity contribution in [1.82, 2.24) is 0 Å². The molecule has 1 unspecified atom stereocenters. The van der Waals surface area contributed by atoms with Crippen LogP contribution in [0.3, 0.4) is 0 Å². The molecular formula is C14H10ClF2NO2. The van der Waals surface area contributed by atoms with Gasteiger partial charge in [0.05, 0.1) is 10.3 Å². The average molecular weight is 298 g/mol. The molecular weight excluding hydrogens is 288 g/mol. The van der Waals surface area contributed by atoms with Crippen LogP contribution in [0.15, 0.2) is 42.5 Å². The predicted octanol–water partition coefficient (Wildman–Crippen LogP) is 4.40. The first kappa shape index (κ1) is 14.4. The van der Waals surface area contributed by atoms with Gasteiger partial charge in [-0.3, -0.25) is 10.1 Å². The van der Waals surface area contributed by atoms with Crippen molar-refractivity contribution < 1.29 is 13.7 Å². The van der Waals surface area contributed by atoms with Gasteiger partial charge in [-0.05, 0) is 24.6 Å². The minimum Gasteiger partial charge on any atom is -0.258 e. The van der Waals surface area contributed by atoms with Crippen molar-refractivity contribution in [1.29, 1.82) is 0 Å². The van der Waals surface area contributed by atoms with Crippen LogP contribution in [0.25, 0.3) is 0 Å². The Morgan fingerprint density at radius 2 is 1.90 bits per heavy atom. The molecule has 20 heavy (non-hydrogen) atoms. The lowest BCUT2D eigenvalue weighted by Crippen LogP contribution is -2.02. The molecule has 0 radical (unpaired) electrons. The van der Waals surface area contributed by atoms with E-state index in [4.69, 9.17) is 11.6 Å². The Bertz CT molecular complexity index is 649. The number of para-hydroxylation sites is 1. The highest BCUT2D eigenvalue weighted by Crippen LogP contribution is 2.31. The minimum atomic E-state index is -0.883. The molecule has 1 atom stereocenters. The van der Waals surface area contributed by atoms with Crippen LogP contribution in [0, 0.1) is 21.7 Å². The zero-order chi connectivity index (χ0) is 14.7. The third kappa shape index (κ3) is 3.11. The third-order valence-corrected chi connectivity index (χ3v) is 3.27. The second-order valence-corrected chi connectivity index (χ2v) is 4.75. The number of alkyl halides is 1. The van der Waals surface area contributed by atoms with Gasteiger partial charge < -0.3 is 0 Å². The average Bonchev–Trinajstić information content (AvgIpc) is 2.41. The van der Waals surface area contributed by atoms with Crippen LogP contribution < -0.4 is 0 Å². The molecule has 0 N–H and O–H groups in total. The van der Waals surface area contributed by atoms with E-state index in [0.29, 0.717) is 5.56 Å². The molecule has 0 aliphatic heterocycles. The zero-order valence-corrected chi connectivity index (χ0v) is 11.0. The molecule has 2 aromatic rings. The number of halogens is 3. The molecule has 104 valence electrons. The first-order valence-corrected chi connectivity index (χ1v) is 6.24. The van der Waals surface area contributed by atoms with Crippen LogP contribution in [-0.4, -0.2) is 4.92 Å². The molecule has 0 heterocycles. The molecule has 2 rings (SSSR count). The van der Waals surface area contributed by atoms with Crippen molar-refractivity contribution in [3.8, 4) is 0 Å². The lowest BCUT2D eigenvalue weighted by atomic mass is 10.0. The number of nitrogens with zero attached hydrogens (tertiary/aromatic N) is 1. The van der Waals surface area contributed by atoms with Gasteiger partial charge in [-0.15, -0.1) is 11.6 Å². The van der Waals surface area contributed by atoms with Gasteiger partial charge in [0.25, 0.3) is 5.69 Å².